The van der Waals surface area contributed by atoms with Crippen LogP contribution in [0.25, 0.3) is 0 Å². The van der Waals surface area contributed by atoms with Gasteiger partial charge < -0.3 is 10.1 Å². The molecular formula is C16H25NOS. The summed E-state index contributed by atoms with van der Waals surface area (Å²) in [6.07, 6.45) is 2.36. The lowest BCUT2D eigenvalue weighted by molar-refractivity contribution is 0.100. The van der Waals surface area contributed by atoms with Crippen LogP contribution in [0.1, 0.15) is 37.8 Å². The predicted molar refractivity (Wildman–Crippen MR) is 82.9 cm³/mol. The third kappa shape index (κ3) is 4.83. The molecule has 106 valence electrons. The number of ether oxygens (including phenoxy) is 1. The molecule has 0 radical (unpaired) electrons. The van der Waals surface area contributed by atoms with Crippen LogP contribution < -0.4 is 5.32 Å². The minimum atomic E-state index is 0.539. The van der Waals surface area contributed by atoms with Gasteiger partial charge in [-0.25, -0.2) is 0 Å². The fourth-order valence-electron chi connectivity index (χ4n) is 2.25. The Bertz CT molecular complexity index is 400. The van der Waals surface area contributed by atoms with Crippen LogP contribution in [0.5, 0.6) is 0 Å². The van der Waals surface area contributed by atoms with E-state index in [4.69, 9.17) is 4.74 Å². The Morgan fingerprint density at radius 3 is 2.68 bits per heavy atom. The first-order chi connectivity index (χ1) is 9.15. The summed E-state index contributed by atoms with van der Waals surface area (Å²) in [6, 6.07) is 7.39. The molecule has 2 rings (SSSR count). The average Bonchev–Trinajstić information content (AvgIpc) is 2.40. The Balaban J connectivity index is 1.94. The highest BCUT2D eigenvalue weighted by molar-refractivity contribution is 8.00. The molecule has 1 saturated heterocycles. The number of hydrogen-bond donors (Lipinski definition) is 1. The average molecular weight is 279 g/mol. The SMILES string of the molecule is Cc1cc(CNC(C)C)ccc1SC1CCOCC1. The van der Waals surface area contributed by atoms with Gasteiger partial charge in [-0.2, -0.15) is 0 Å². The van der Waals surface area contributed by atoms with E-state index in [0.29, 0.717) is 6.04 Å². The van der Waals surface area contributed by atoms with Crippen LogP contribution in [-0.4, -0.2) is 24.5 Å². The summed E-state index contributed by atoms with van der Waals surface area (Å²) >= 11 is 2.02. The molecular weight excluding hydrogens is 254 g/mol. The molecule has 1 aliphatic heterocycles. The number of rotatable bonds is 5. The maximum atomic E-state index is 5.42. The Morgan fingerprint density at radius 2 is 2.05 bits per heavy atom. The van der Waals surface area contributed by atoms with Crippen molar-refractivity contribution in [3.05, 3.63) is 29.3 Å². The first-order valence-corrected chi connectivity index (χ1v) is 8.10. The van der Waals surface area contributed by atoms with Gasteiger partial charge in [0.25, 0.3) is 0 Å². The zero-order valence-corrected chi connectivity index (χ0v) is 13.1. The molecule has 2 nitrogen and oxygen atoms in total. The van der Waals surface area contributed by atoms with Crippen LogP contribution in [0.15, 0.2) is 23.1 Å². The predicted octanol–water partition coefficient (Wildman–Crippen LogP) is 3.76. The molecule has 1 aromatic carbocycles. The summed E-state index contributed by atoms with van der Waals surface area (Å²) in [6.45, 7) is 9.39. The molecule has 3 heteroatoms. The van der Waals surface area contributed by atoms with Crippen molar-refractivity contribution in [3.63, 3.8) is 0 Å². The molecule has 0 unspecified atom stereocenters. The summed E-state index contributed by atoms with van der Waals surface area (Å²) in [7, 11) is 0. The fourth-order valence-corrected chi connectivity index (χ4v) is 3.43. The number of nitrogens with one attached hydrogen (secondary N) is 1. The van der Waals surface area contributed by atoms with E-state index < -0.39 is 0 Å². The van der Waals surface area contributed by atoms with E-state index in [-0.39, 0.29) is 0 Å². The second-order valence-corrected chi connectivity index (χ2v) is 6.91. The summed E-state index contributed by atoms with van der Waals surface area (Å²) in [5.41, 5.74) is 2.78. The molecule has 0 saturated carbocycles. The Labute approximate surface area is 121 Å². The van der Waals surface area contributed by atoms with Gasteiger partial charge in [0.1, 0.15) is 0 Å². The van der Waals surface area contributed by atoms with Gasteiger partial charge in [0, 0.05) is 35.9 Å². The van der Waals surface area contributed by atoms with Crippen LogP contribution in [0.3, 0.4) is 0 Å². The molecule has 1 heterocycles. The van der Waals surface area contributed by atoms with Gasteiger partial charge in [0.2, 0.25) is 0 Å². The quantitative estimate of drug-likeness (QED) is 0.886. The van der Waals surface area contributed by atoms with E-state index in [1.165, 1.54) is 28.9 Å². The van der Waals surface area contributed by atoms with Crippen LogP contribution in [-0.2, 0) is 11.3 Å². The lowest BCUT2D eigenvalue weighted by atomic mass is 10.1. The van der Waals surface area contributed by atoms with Gasteiger partial charge in [-0.15, -0.1) is 11.8 Å². The van der Waals surface area contributed by atoms with E-state index in [2.05, 4.69) is 44.3 Å². The smallest absolute Gasteiger partial charge is 0.0476 e. The van der Waals surface area contributed by atoms with Crippen LogP contribution >= 0.6 is 11.8 Å². The number of aryl methyl sites for hydroxylation is 1. The second kappa shape index (κ2) is 7.32. The van der Waals surface area contributed by atoms with E-state index >= 15 is 0 Å². The molecule has 0 atom stereocenters. The molecule has 1 aliphatic rings. The summed E-state index contributed by atoms with van der Waals surface area (Å²) in [5.74, 6) is 0. The van der Waals surface area contributed by atoms with Crippen LogP contribution in [0.4, 0.5) is 0 Å². The minimum Gasteiger partial charge on any atom is -0.381 e. The standard InChI is InChI=1S/C16H25NOS/c1-12(2)17-11-14-4-5-16(13(3)10-14)19-15-6-8-18-9-7-15/h4-5,10,12,15,17H,6-9,11H2,1-3H3. The van der Waals surface area contributed by atoms with E-state index in [0.717, 1.165) is 25.0 Å². The first-order valence-electron chi connectivity index (χ1n) is 7.22. The van der Waals surface area contributed by atoms with Crippen molar-refractivity contribution in [1.82, 2.24) is 5.32 Å². The van der Waals surface area contributed by atoms with Crippen molar-refractivity contribution >= 4 is 11.8 Å². The normalized spacial score (nSPS) is 17.1. The summed E-state index contributed by atoms with van der Waals surface area (Å²) < 4.78 is 5.42. The number of benzene rings is 1. The maximum absolute atomic E-state index is 5.42. The molecule has 19 heavy (non-hydrogen) atoms. The third-order valence-electron chi connectivity index (χ3n) is 3.42. The Kier molecular flexibility index (Phi) is 5.74. The molecule has 0 aliphatic carbocycles. The third-order valence-corrected chi connectivity index (χ3v) is 4.93. The summed E-state index contributed by atoms with van der Waals surface area (Å²) in [4.78, 5) is 1.43. The topological polar surface area (TPSA) is 21.3 Å². The van der Waals surface area contributed by atoms with E-state index in [1.54, 1.807) is 0 Å². The van der Waals surface area contributed by atoms with Crippen molar-refractivity contribution in [1.29, 1.82) is 0 Å². The molecule has 0 amide bonds. The van der Waals surface area contributed by atoms with Crippen molar-refractivity contribution in [2.75, 3.05) is 13.2 Å². The zero-order chi connectivity index (χ0) is 13.7. The monoisotopic (exact) mass is 279 g/mol. The molecule has 1 N–H and O–H groups in total. The van der Waals surface area contributed by atoms with Gasteiger partial charge in [0.05, 0.1) is 0 Å². The zero-order valence-electron chi connectivity index (χ0n) is 12.2. The molecule has 1 fully saturated rings. The van der Waals surface area contributed by atoms with Gasteiger partial charge in [0.15, 0.2) is 0 Å². The summed E-state index contributed by atoms with van der Waals surface area (Å²) in [5, 5.41) is 4.20. The number of hydrogen-bond acceptors (Lipinski definition) is 3. The highest BCUT2D eigenvalue weighted by Gasteiger charge is 2.15. The fraction of sp³-hybridized carbons (Fsp3) is 0.625. The molecule has 1 aromatic rings. The first kappa shape index (κ1) is 14.9. The van der Waals surface area contributed by atoms with Crippen LogP contribution in [0.2, 0.25) is 0 Å². The van der Waals surface area contributed by atoms with Gasteiger partial charge in [-0.05, 0) is 37.0 Å². The van der Waals surface area contributed by atoms with Crippen molar-refractivity contribution in [2.45, 2.75) is 56.3 Å². The van der Waals surface area contributed by atoms with Crippen molar-refractivity contribution in [2.24, 2.45) is 0 Å². The lowest BCUT2D eigenvalue weighted by Crippen LogP contribution is -2.21. The van der Waals surface area contributed by atoms with Crippen molar-refractivity contribution < 1.29 is 4.74 Å². The molecule has 0 spiro atoms. The molecule has 0 bridgehead atoms. The van der Waals surface area contributed by atoms with Crippen LogP contribution in [0, 0.1) is 6.92 Å². The largest absolute Gasteiger partial charge is 0.381 e. The highest BCUT2D eigenvalue weighted by Crippen LogP contribution is 2.32. The Hall–Kier alpha value is -0.510. The second-order valence-electron chi connectivity index (χ2n) is 5.57. The van der Waals surface area contributed by atoms with E-state index in [9.17, 15) is 0 Å². The molecule has 0 aromatic heterocycles. The van der Waals surface area contributed by atoms with Crippen molar-refractivity contribution in [3.8, 4) is 0 Å². The van der Waals surface area contributed by atoms with Gasteiger partial charge in [-0.3, -0.25) is 0 Å². The number of thioether (sulfide) groups is 1. The Morgan fingerprint density at radius 1 is 1.32 bits per heavy atom. The maximum Gasteiger partial charge on any atom is 0.0476 e. The minimum absolute atomic E-state index is 0.539. The van der Waals surface area contributed by atoms with Gasteiger partial charge in [-0.1, -0.05) is 26.0 Å². The highest BCUT2D eigenvalue weighted by atomic mass is 32.2. The van der Waals surface area contributed by atoms with E-state index in [1.807, 2.05) is 11.8 Å². The van der Waals surface area contributed by atoms with Gasteiger partial charge >= 0.3 is 0 Å². The lowest BCUT2D eigenvalue weighted by Gasteiger charge is -2.22.